The number of hydrogen-bond donors (Lipinski definition) is 2. The fourth-order valence-electron chi connectivity index (χ4n) is 0.656. The number of aliphatic hydroxyl groups is 1. The Morgan fingerprint density at radius 3 is 3.00 bits per heavy atom. The molecule has 2 N–H and O–H groups in total. The molecule has 0 saturated carbocycles. The van der Waals surface area contributed by atoms with Gasteiger partial charge in [0.1, 0.15) is 6.10 Å². The quantitative estimate of drug-likeness (QED) is 0.704. The van der Waals surface area contributed by atoms with Gasteiger partial charge in [-0.15, -0.1) is 11.3 Å². The van der Waals surface area contributed by atoms with Crippen molar-refractivity contribution in [1.82, 2.24) is 4.98 Å². The molecule has 0 aliphatic rings. The molecule has 0 saturated heterocycles. The summed E-state index contributed by atoms with van der Waals surface area (Å²) in [5, 5.41) is 19.1. The van der Waals surface area contributed by atoms with Crippen molar-refractivity contribution < 1.29 is 15.0 Å². The maximum Gasteiger partial charge on any atom is 0.306 e. The van der Waals surface area contributed by atoms with E-state index in [0.717, 1.165) is 0 Å². The van der Waals surface area contributed by atoms with Gasteiger partial charge >= 0.3 is 5.97 Å². The van der Waals surface area contributed by atoms with Crippen molar-refractivity contribution in [3.05, 3.63) is 16.6 Å². The van der Waals surface area contributed by atoms with Crippen LogP contribution in [0.15, 0.2) is 10.9 Å². The van der Waals surface area contributed by atoms with E-state index < -0.39 is 12.1 Å². The Balaban J connectivity index is 2.56. The Kier molecular flexibility index (Phi) is 2.56. The molecule has 0 radical (unpaired) electrons. The summed E-state index contributed by atoms with van der Waals surface area (Å²) in [4.78, 5) is 13.9. The van der Waals surface area contributed by atoms with Crippen molar-refractivity contribution in [3.63, 3.8) is 0 Å². The first kappa shape index (κ1) is 8.16. The second-order valence-corrected chi connectivity index (χ2v) is 2.75. The number of nitrogens with zero attached hydrogens (tertiary/aromatic N) is 1. The number of carboxylic acids is 1. The summed E-state index contributed by atoms with van der Waals surface area (Å²) in [6.45, 7) is 0. The molecule has 0 aliphatic carbocycles. The molecule has 0 aromatic carbocycles. The molecule has 0 fully saturated rings. The van der Waals surface area contributed by atoms with E-state index in [2.05, 4.69) is 4.98 Å². The third-order valence-corrected chi connectivity index (χ3v) is 1.77. The number of carboxylic acid groups (broad SMARTS) is 1. The maximum absolute atomic E-state index is 10.1. The maximum atomic E-state index is 10.1. The molecular weight excluding hydrogens is 166 g/mol. The van der Waals surface area contributed by atoms with Gasteiger partial charge in [-0.2, -0.15) is 0 Å². The van der Waals surface area contributed by atoms with E-state index in [4.69, 9.17) is 10.2 Å². The van der Waals surface area contributed by atoms with Crippen molar-refractivity contribution in [2.45, 2.75) is 12.5 Å². The van der Waals surface area contributed by atoms with Crippen molar-refractivity contribution in [3.8, 4) is 0 Å². The number of aromatic nitrogens is 1. The average molecular weight is 173 g/mol. The molecular formula is C6H7NO3S. The highest BCUT2D eigenvalue weighted by Gasteiger charge is 2.12. The minimum atomic E-state index is -1.02. The van der Waals surface area contributed by atoms with Crippen LogP contribution in [0.1, 0.15) is 18.2 Å². The highest BCUT2D eigenvalue weighted by molar-refractivity contribution is 7.07. The Morgan fingerprint density at radius 2 is 2.55 bits per heavy atom. The lowest BCUT2D eigenvalue weighted by Gasteiger charge is -2.01. The summed E-state index contributed by atoms with van der Waals surface area (Å²) in [6.07, 6.45) is -1.26. The first-order valence-electron chi connectivity index (χ1n) is 2.98. The Hall–Kier alpha value is -0.940. The fraction of sp³-hybridized carbons (Fsp3) is 0.333. The average Bonchev–Trinajstić information content (AvgIpc) is 2.35. The highest BCUT2D eigenvalue weighted by Crippen LogP contribution is 2.15. The molecule has 11 heavy (non-hydrogen) atoms. The van der Waals surface area contributed by atoms with Crippen LogP contribution < -0.4 is 0 Å². The van der Waals surface area contributed by atoms with E-state index in [1.807, 2.05) is 0 Å². The van der Waals surface area contributed by atoms with Crippen LogP contribution in [0, 0.1) is 0 Å². The van der Waals surface area contributed by atoms with Crippen LogP contribution in [-0.4, -0.2) is 21.2 Å². The Morgan fingerprint density at radius 1 is 1.82 bits per heavy atom. The van der Waals surface area contributed by atoms with E-state index >= 15 is 0 Å². The normalized spacial score (nSPS) is 12.8. The van der Waals surface area contributed by atoms with Gasteiger partial charge in [0.2, 0.25) is 0 Å². The van der Waals surface area contributed by atoms with Crippen LogP contribution in [0.25, 0.3) is 0 Å². The first-order chi connectivity index (χ1) is 5.20. The van der Waals surface area contributed by atoms with Crippen molar-refractivity contribution in [2.75, 3.05) is 0 Å². The van der Waals surface area contributed by atoms with E-state index in [9.17, 15) is 4.79 Å². The van der Waals surface area contributed by atoms with Crippen LogP contribution in [0.3, 0.4) is 0 Å². The fourth-order valence-corrected chi connectivity index (χ4v) is 1.26. The number of aliphatic hydroxyl groups excluding tert-OH is 1. The molecule has 1 aromatic rings. The summed E-state index contributed by atoms with van der Waals surface area (Å²) < 4.78 is 0. The molecule has 1 unspecified atom stereocenters. The zero-order valence-electron chi connectivity index (χ0n) is 5.60. The lowest BCUT2D eigenvalue weighted by molar-refractivity contribution is -0.139. The lowest BCUT2D eigenvalue weighted by Crippen LogP contribution is -2.05. The van der Waals surface area contributed by atoms with E-state index in [-0.39, 0.29) is 6.42 Å². The highest BCUT2D eigenvalue weighted by atomic mass is 32.1. The smallest absolute Gasteiger partial charge is 0.306 e. The molecule has 1 heterocycles. The lowest BCUT2D eigenvalue weighted by atomic mass is 10.2. The summed E-state index contributed by atoms with van der Waals surface area (Å²) in [5.74, 6) is -1.02. The minimum absolute atomic E-state index is 0.288. The van der Waals surface area contributed by atoms with Crippen molar-refractivity contribution in [2.24, 2.45) is 0 Å². The molecule has 5 heteroatoms. The van der Waals surface area contributed by atoms with Gasteiger partial charge in [0.25, 0.3) is 0 Å². The van der Waals surface area contributed by atoms with Crippen LogP contribution in [0.5, 0.6) is 0 Å². The van der Waals surface area contributed by atoms with Crippen LogP contribution in [-0.2, 0) is 4.79 Å². The molecule has 0 spiro atoms. The standard InChI is InChI=1S/C6H7NO3S/c8-5(1-6(9)10)4-2-11-3-7-4/h2-3,5,8H,1H2,(H,9,10). The van der Waals surface area contributed by atoms with Crippen LogP contribution in [0.4, 0.5) is 0 Å². The number of thiazole rings is 1. The predicted octanol–water partition coefficient (Wildman–Crippen LogP) is 0.651. The SMILES string of the molecule is O=C(O)CC(O)c1cscn1. The molecule has 0 amide bonds. The zero-order valence-corrected chi connectivity index (χ0v) is 6.41. The molecule has 4 nitrogen and oxygen atoms in total. The first-order valence-corrected chi connectivity index (χ1v) is 3.92. The topological polar surface area (TPSA) is 70.4 Å². The minimum Gasteiger partial charge on any atom is -0.481 e. The second-order valence-electron chi connectivity index (χ2n) is 2.03. The molecule has 60 valence electrons. The van der Waals surface area contributed by atoms with Gasteiger partial charge in [0.15, 0.2) is 0 Å². The van der Waals surface area contributed by atoms with Gasteiger partial charge in [-0.25, -0.2) is 4.98 Å². The molecule has 1 rings (SSSR count). The number of hydrogen-bond acceptors (Lipinski definition) is 4. The summed E-state index contributed by atoms with van der Waals surface area (Å²) in [6, 6.07) is 0. The summed E-state index contributed by atoms with van der Waals surface area (Å²) in [5.41, 5.74) is 1.98. The number of aliphatic carboxylic acids is 1. The third-order valence-electron chi connectivity index (χ3n) is 1.16. The monoisotopic (exact) mass is 173 g/mol. The molecule has 1 atom stereocenters. The summed E-state index contributed by atoms with van der Waals surface area (Å²) >= 11 is 1.33. The van der Waals surface area contributed by atoms with Gasteiger partial charge < -0.3 is 10.2 Å². The largest absolute Gasteiger partial charge is 0.481 e. The Labute approximate surface area is 67.1 Å². The third kappa shape index (κ3) is 2.28. The van der Waals surface area contributed by atoms with Gasteiger partial charge in [0, 0.05) is 5.38 Å². The Bertz CT molecular complexity index is 234. The second kappa shape index (κ2) is 3.45. The van der Waals surface area contributed by atoms with Gasteiger partial charge in [-0.05, 0) is 0 Å². The zero-order chi connectivity index (χ0) is 8.27. The number of rotatable bonds is 3. The van der Waals surface area contributed by atoms with Gasteiger partial charge in [0.05, 0.1) is 17.6 Å². The molecule has 1 aromatic heterocycles. The van der Waals surface area contributed by atoms with E-state index in [1.54, 1.807) is 10.9 Å². The van der Waals surface area contributed by atoms with Crippen molar-refractivity contribution in [1.29, 1.82) is 0 Å². The van der Waals surface area contributed by atoms with Gasteiger partial charge in [-0.3, -0.25) is 4.79 Å². The van der Waals surface area contributed by atoms with Crippen LogP contribution >= 0.6 is 11.3 Å². The summed E-state index contributed by atoms with van der Waals surface area (Å²) in [7, 11) is 0. The molecule has 0 bridgehead atoms. The van der Waals surface area contributed by atoms with Crippen LogP contribution in [0.2, 0.25) is 0 Å². The van der Waals surface area contributed by atoms with Gasteiger partial charge in [-0.1, -0.05) is 0 Å². The number of carbonyl (C=O) groups is 1. The van der Waals surface area contributed by atoms with Crippen molar-refractivity contribution >= 4 is 17.3 Å². The predicted molar refractivity (Wildman–Crippen MR) is 39.3 cm³/mol. The molecule has 0 aliphatic heterocycles. The van der Waals surface area contributed by atoms with E-state index in [0.29, 0.717) is 5.69 Å². The van der Waals surface area contributed by atoms with E-state index in [1.165, 1.54) is 11.3 Å².